The van der Waals surface area contributed by atoms with Gasteiger partial charge in [0.1, 0.15) is 6.29 Å². The smallest absolute Gasteiger partial charge is 0.305 e. The summed E-state index contributed by atoms with van der Waals surface area (Å²) in [4.78, 5) is 36.7. The van der Waals surface area contributed by atoms with Crippen LogP contribution in [0.2, 0.25) is 0 Å². The van der Waals surface area contributed by atoms with Gasteiger partial charge in [-0.2, -0.15) is 0 Å². The van der Waals surface area contributed by atoms with Crippen LogP contribution in [-0.4, -0.2) is 25.1 Å². The highest BCUT2D eigenvalue weighted by atomic mass is 16.5. The number of aldehydes is 1. The summed E-state index contributed by atoms with van der Waals surface area (Å²) in [6.45, 7) is 6.81. The lowest BCUT2D eigenvalue weighted by Crippen LogP contribution is -2.51. The van der Waals surface area contributed by atoms with Crippen molar-refractivity contribution in [1.29, 1.82) is 0 Å². The van der Waals surface area contributed by atoms with E-state index in [1.807, 2.05) is 0 Å². The highest BCUT2D eigenvalue weighted by Crippen LogP contribution is 2.65. The Labute approximate surface area is 181 Å². The van der Waals surface area contributed by atoms with E-state index >= 15 is 0 Å². The van der Waals surface area contributed by atoms with Gasteiger partial charge in [-0.25, -0.2) is 0 Å². The van der Waals surface area contributed by atoms with Crippen molar-refractivity contribution >= 4 is 18.0 Å². The third-order valence-electron chi connectivity index (χ3n) is 9.95. The third kappa shape index (κ3) is 3.20. The predicted octanol–water partition coefficient (Wildman–Crippen LogP) is 5.15. The summed E-state index contributed by atoms with van der Waals surface area (Å²) in [5, 5.41) is 0. The molecule has 0 spiro atoms. The van der Waals surface area contributed by atoms with Gasteiger partial charge in [0.05, 0.1) is 7.11 Å². The van der Waals surface area contributed by atoms with Crippen LogP contribution in [0, 0.1) is 46.3 Å². The second-order valence-corrected chi connectivity index (χ2v) is 11.1. The van der Waals surface area contributed by atoms with E-state index in [1.165, 1.54) is 19.1 Å². The molecule has 0 saturated heterocycles. The summed E-state index contributed by atoms with van der Waals surface area (Å²) in [6.07, 6.45) is 12.0. The monoisotopic (exact) mass is 414 g/mol. The molecular weight excluding hydrogens is 376 g/mol. The summed E-state index contributed by atoms with van der Waals surface area (Å²) in [5.74, 6) is 2.54. The number of carbonyl (C=O) groups is 3. The minimum atomic E-state index is -0.299. The molecule has 0 aliphatic heterocycles. The Kier molecular flexibility index (Phi) is 5.74. The van der Waals surface area contributed by atoms with E-state index < -0.39 is 0 Å². The number of fused-ring (bicyclic) bond motifs is 5. The van der Waals surface area contributed by atoms with Crippen LogP contribution >= 0.6 is 0 Å². The molecule has 0 aromatic rings. The molecule has 0 unspecified atom stereocenters. The number of rotatable bonds is 5. The molecule has 0 heterocycles. The molecule has 4 aliphatic carbocycles. The first-order valence-corrected chi connectivity index (χ1v) is 12.0. The van der Waals surface area contributed by atoms with E-state index in [0.717, 1.165) is 51.2 Å². The van der Waals surface area contributed by atoms with Crippen LogP contribution in [0.5, 0.6) is 0 Å². The van der Waals surface area contributed by atoms with Gasteiger partial charge in [-0.1, -0.05) is 26.3 Å². The highest BCUT2D eigenvalue weighted by Gasteiger charge is 2.61. The normalized spacial score (nSPS) is 43.7. The standard InChI is InChI=1S/C26H38O4/c1-16(5-10-24(29)30-4)20-8-9-21-19-7-6-18-13-17(15-27)11-12-25(18,2)22(19)14-23(28)26(20,21)3/h14-21H,5-13H2,1-4H3/t16-,17-,18-,19+,20-,21+,25+,26-/m1/s1. The molecule has 0 radical (unpaired) electrons. The summed E-state index contributed by atoms with van der Waals surface area (Å²) >= 11 is 0. The van der Waals surface area contributed by atoms with E-state index in [4.69, 9.17) is 4.74 Å². The SMILES string of the molecule is COC(=O)CC[C@@H](C)[C@H]1CC[C@H]2[C@@H]3CC[C@@H]4C[C@H](C=O)CC[C@]4(C)C3=CC(=O)[C@]12C. The Bertz CT molecular complexity index is 754. The maximum Gasteiger partial charge on any atom is 0.305 e. The quantitative estimate of drug-likeness (QED) is 0.461. The van der Waals surface area contributed by atoms with Crippen LogP contribution in [0.15, 0.2) is 11.6 Å². The molecule has 0 amide bonds. The van der Waals surface area contributed by atoms with Gasteiger partial charge in [0.25, 0.3) is 0 Å². The van der Waals surface area contributed by atoms with Crippen molar-refractivity contribution in [2.75, 3.05) is 7.11 Å². The van der Waals surface area contributed by atoms with Crippen LogP contribution in [0.25, 0.3) is 0 Å². The molecule has 3 saturated carbocycles. The average Bonchev–Trinajstić information content (AvgIpc) is 3.10. The molecule has 4 heteroatoms. The zero-order valence-electron chi connectivity index (χ0n) is 19.1. The minimum Gasteiger partial charge on any atom is -0.469 e. The van der Waals surface area contributed by atoms with Crippen molar-refractivity contribution in [3.8, 4) is 0 Å². The van der Waals surface area contributed by atoms with Gasteiger partial charge in [-0.15, -0.1) is 0 Å². The first kappa shape index (κ1) is 21.8. The van der Waals surface area contributed by atoms with Gasteiger partial charge >= 0.3 is 5.97 Å². The summed E-state index contributed by atoms with van der Waals surface area (Å²) in [7, 11) is 1.44. The molecule has 0 N–H and O–H groups in total. The molecular formula is C26H38O4. The number of methoxy groups -OCH3 is 1. The fourth-order valence-corrected chi connectivity index (χ4v) is 8.06. The van der Waals surface area contributed by atoms with E-state index in [0.29, 0.717) is 41.8 Å². The zero-order valence-corrected chi connectivity index (χ0v) is 19.1. The lowest BCUT2D eigenvalue weighted by molar-refractivity contribution is -0.141. The van der Waals surface area contributed by atoms with Crippen molar-refractivity contribution in [3.05, 3.63) is 11.6 Å². The third-order valence-corrected chi connectivity index (χ3v) is 9.95. The molecule has 30 heavy (non-hydrogen) atoms. The van der Waals surface area contributed by atoms with E-state index in [9.17, 15) is 14.4 Å². The van der Waals surface area contributed by atoms with Crippen LogP contribution < -0.4 is 0 Å². The maximum absolute atomic E-state index is 13.7. The molecule has 0 bridgehead atoms. The van der Waals surface area contributed by atoms with Crippen molar-refractivity contribution in [2.24, 2.45) is 46.3 Å². The lowest BCUT2D eigenvalue weighted by Gasteiger charge is -2.56. The number of hydrogen-bond donors (Lipinski definition) is 0. The van der Waals surface area contributed by atoms with Crippen molar-refractivity contribution < 1.29 is 19.1 Å². The fraction of sp³-hybridized carbons (Fsp3) is 0.808. The molecule has 0 aromatic carbocycles. The molecule has 4 aliphatic rings. The average molecular weight is 415 g/mol. The zero-order chi connectivity index (χ0) is 21.7. The fourth-order valence-electron chi connectivity index (χ4n) is 8.06. The Morgan fingerprint density at radius 3 is 2.70 bits per heavy atom. The molecule has 0 aromatic heterocycles. The van der Waals surface area contributed by atoms with E-state index in [-0.39, 0.29) is 22.7 Å². The summed E-state index contributed by atoms with van der Waals surface area (Å²) in [5.41, 5.74) is 1.21. The van der Waals surface area contributed by atoms with Gasteiger partial charge < -0.3 is 9.53 Å². The summed E-state index contributed by atoms with van der Waals surface area (Å²) < 4.78 is 4.83. The van der Waals surface area contributed by atoms with Gasteiger partial charge in [0.2, 0.25) is 0 Å². The molecule has 3 fully saturated rings. The van der Waals surface area contributed by atoms with Gasteiger partial charge in [0, 0.05) is 17.8 Å². The second kappa shape index (κ2) is 7.91. The Morgan fingerprint density at radius 2 is 2.00 bits per heavy atom. The Hall–Kier alpha value is -1.45. The number of ketones is 1. The van der Waals surface area contributed by atoms with Crippen molar-refractivity contribution in [3.63, 3.8) is 0 Å². The van der Waals surface area contributed by atoms with Crippen molar-refractivity contribution in [1.82, 2.24) is 0 Å². The molecule has 8 atom stereocenters. The first-order chi connectivity index (χ1) is 14.3. The molecule has 166 valence electrons. The van der Waals surface area contributed by atoms with Crippen LogP contribution in [-0.2, 0) is 19.1 Å². The van der Waals surface area contributed by atoms with E-state index in [1.54, 1.807) is 0 Å². The number of allylic oxidation sites excluding steroid dienone is 2. The van der Waals surface area contributed by atoms with Crippen LogP contribution in [0.1, 0.15) is 78.6 Å². The first-order valence-electron chi connectivity index (χ1n) is 12.0. The number of esters is 1. The van der Waals surface area contributed by atoms with E-state index in [2.05, 4.69) is 26.8 Å². The van der Waals surface area contributed by atoms with Gasteiger partial charge in [-0.3, -0.25) is 9.59 Å². The maximum atomic E-state index is 13.7. The molecule has 4 rings (SSSR count). The predicted molar refractivity (Wildman–Crippen MR) is 116 cm³/mol. The largest absolute Gasteiger partial charge is 0.469 e. The molecule has 4 nitrogen and oxygen atoms in total. The lowest BCUT2D eigenvalue weighted by atomic mass is 9.47. The number of carbonyl (C=O) groups excluding carboxylic acids is 3. The Morgan fingerprint density at radius 1 is 1.23 bits per heavy atom. The highest BCUT2D eigenvalue weighted by molar-refractivity contribution is 5.97. The Balaban J connectivity index is 1.59. The van der Waals surface area contributed by atoms with Crippen LogP contribution in [0.3, 0.4) is 0 Å². The van der Waals surface area contributed by atoms with Crippen LogP contribution in [0.4, 0.5) is 0 Å². The van der Waals surface area contributed by atoms with Crippen molar-refractivity contribution in [2.45, 2.75) is 78.6 Å². The summed E-state index contributed by atoms with van der Waals surface area (Å²) in [6, 6.07) is 0. The second-order valence-electron chi connectivity index (χ2n) is 11.1. The van der Waals surface area contributed by atoms with Gasteiger partial charge in [0.15, 0.2) is 5.78 Å². The van der Waals surface area contributed by atoms with Gasteiger partial charge in [-0.05, 0) is 92.4 Å². The number of hydrogen-bond acceptors (Lipinski definition) is 4. The topological polar surface area (TPSA) is 60.4 Å². The number of ether oxygens (including phenoxy) is 1. The minimum absolute atomic E-state index is 0.0913.